The van der Waals surface area contributed by atoms with Crippen molar-refractivity contribution in [1.82, 2.24) is 10.2 Å². The van der Waals surface area contributed by atoms with Gasteiger partial charge in [0, 0.05) is 11.3 Å². The molecule has 0 unspecified atom stereocenters. The molecule has 0 bridgehead atoms. The molecular formula is C12H21N3. The van der Waals surface area contributed by atoms with Crippen molar-refractivity contribution in [2.75, 3.05) is 5.73 Å². The predicted octanol–water partition coefficient (Wildman–Crippen LogP) is 2.53. The van der Waals surface area contributed by atoms with Crippen LogP contribution in [0.25, 0.3) is 0 Å². The van der Waals surface area contributed by atoms with Crippen LogP contribution in [0.3, 0.4) is 0 Å². The topological polar surface area (TPSA) is 54.7 Å². The van der Waals surface area contributed by atoms with E-state index in [4.69, 9.17) is 5.73 Å². The highest BCUT2D eigenvalue weighted by atomic mass is 15.2. The van der Waals surface area contributed by atoms with Gasteiger partial charge in [0.05, 0.1) is 0 Å². The maximum Gasteiger partial charge on any atom is 0.148 e. The minimum absolute atomic E-state index is 0.392. The molecule has 0 spiro atoms. The van der Waals surface area contributed by atoms with Gasteiger partial charge in [0.15, 0.2) is 0 Å². The van der Waals surface area contributed by atoms with E-state index in [0.29, 0.717) is 11.2 Å². The van der Waals surface area contributed by atoms with Crippen LogP contribution < -0.4 is 5.73 Å². The molecule has 0 aromatic carbocycles. The molecule has 0 radical (unpaired) electrons. The van der Waals surface area contributed by atoms with Gasteiger partial charge in [0.25, 0.3) is 0 Å². The molecule has 1 aliphatic carbocycles. The summed E-state index contributed by atoms with van der Waals surface area (Å²) in [5.74, 6) is 1.57. The summed E-state index contributed by atoms with van der Waals surface area (Å²) in [7, 11) is 0. The lowest BCUT2D eigenvalue weighted by molar-refractivity contribution is 0.303. The summed E-state index contributed by atoms with van der Waals surface area (Å²) in [6, 6.07) is 0. The van der Waals surface area contributed by atoms with Gasteiger partial charge in [-0.1, -0.05) is 20.8 Å². The second-order valence-electron chi connectivity index (χ2n) is 5.36. The standard InChI is InChI=1S/C12H21N3/c1-4-9-10(14-15-11(9)13)7-12(2,3)8-5-6-8/h8H,4-7H2,1-3H3,(H3,13,14,15). The molecule has 0 amide bonds. The van der Waals surface area contributed by atoms with Crippen LogP contribution in [0.2, 0.25) is 0 Å². The quantitative estimate of drug-likeness (QED) is 0.797. The van der Waals surface area contributed by atoms with Crippen LogP contribution in [0.5, 0.6) is 0 Å². The van der Waals surface area contributed by atoms with Gasteiger partial charge in [-0.05, 0) is 37.0 Å². The number of anilines is 1. The molecule has 1 aromatic heterocycles. The largest absolute Gasteiger partial charge is 0.382 e. The van der Waals surface area contributed by atoms with Crippen LogP contribution in [0, 0.1) is 11.3 Å². The number of nitrogens with one attached hydrogen (secondary N) is 1. The van der Waals surface area contributed by atoms with Gasteiger partial charge in [-0.2, -0.15) is 5.10 Å². The van der Waals surface area contributed by atoms with Crippen molar-refractivity contribution in [2.24, 2.45) is 11.3 Å². The number of rotatable bonds is 4. The zero-order valence-corrected chi connectivity index (χ0v) is 9.93. The number of H-pyrrole nitrogens is 1. The normalized spacial score (nSPS) is 17.0. The molecule has 0 aliphatic heterocycles. The Morgan fingerprint density at radius 3 is 2.67 bits per heavy atom. The smallest absolute Gasteiger partial charge is 0.148 e. The Morgan fingerprint density at radius 1 is 1.47 bits per heavy atom. The van der Waals surface area contributed by atoms with Gasteiger partial charge in [-0.3, -0.25) is 5.10 Å². The van der Waals surface area contributed by atoms with Crippen molar-refractivity contribution in [2.45, 2.75) is 46.5 Å². The predicted molar refractivity (Wildman–Crippen MR) is 62.6 cm³/mol. The third-order valence-corrected chi connectivity index (χ3v) is 3.65. The van der Waals surface area contributed by atoms with Crippen LogP contribution >= 0.6 is 0 Å². The molecule has 1 heterocycles. The van der Waals surface area contributed by atoms with E-state index in [2.05, 4.69) is 31.0 Å². The Balaban J connectivity index is 2.15. The first kappa shape index (κ1) is 10.5. The van der Waals surface area contributed by atoms with Gasteiger partial charge in [0.2, 0.25) is 0 Å². The lowest BCUT2D eigenvalue weighted by atomic mass is 9.82. The van der Waals surface area contributed by atoms with Crippen molar-refractivity contribution >= 4 is 5.82 Å². The maximum atomic E-state index is 5.82. The van der Waals surface area contributed by atoms with Gasteiger partial charge in [-0.15, -0.1) is 0 Å². The summed E-state index contributed by atoms with van der Waals surface area (Å²) in [5, 5.41) is 7.19. The van der Waals surface area contributed by atoms with Gasteiger partial charge in [-0.25, -0.2) is 0 Å². The zero-order valence-electron chi connectivity index (χ0n) is 9.93. The fourth-order valence-corrected chi connectivity index (χ4v) is 2.42. The summed E-state index contributed by atoms with van der Waals surface area (Å²) in [4.78, 5) is 0. The van der Waals surface area contributed by atoms with E-state index in [1.54, 1.807) is 0 Å². The third-order valence-electron chi connectivity index (χ3n) is 3.65. The van der Waals surface area contributed by atoms with Crippen molar-refractivity contribution in [3.8, 4) is 0 Å². The number of aromatic nitrogens is 2. The second kappa shape index (κ2) is 3.54. The first-order valence-corrected chi connectivity index (χ1v) is 5.86. The van der Waals surface area contributed by atoms with Crippen LogP contribution in [0.4, 0.5) is 5.82 Å². The molecule has 0 atom stereocenters. The SMILES string of the molecule is CCc1c(N)n[nH]c1CC(C)(C)C1CC1. The number of nitrogens with two attached hydrogens (primary N) is 1. The van der Waals surface area contributed by atoms with Crippen molar-refractivity contribution < 1.29 is 0 Å². The molecule has 2 rings (SSSR count). The summed E-state index contributed by atoms with van der Waals surface area (Å²) < 4.78 is 0. The summed E-state index contributed by atoms with van der Waals surface area (Å²) in [5.41, 5.74) is 8.67. The van der Waals surface area contributed by atoms with E-state index >= 15 is 0 Å². The highest BCUT2D eigenvalue weighted by Crippen LogP contribution is 2.47. The highest BCUT2D eigenvalue weighted by molar-refractivity contribution is 5.42. The van der Waals surface area contributed by atoms with Crippen molar-refractivity contribution in [1.29, 1.82) is 0 Å². The molecule has 3 heteroatoms. The van der Waals surface area contributed by atoms with Crippen LogP contribution in [-0.4, -0.2) is 10.2 Å². The minimum atomic E-state index is 0.392. The number of aromatic amines is 1. The van der Waals surface area contributed by atoms with E-state index in [9.17, 15) is 0 Å². The van der Waals surface area contributed by atoms with Crippen LogP contribution in [-0.2, 0) is 12.8 Å². The molecule has 0 saturated heterocycles. The monoisotopic (exact) mass is 207 g/mol. The molecule has 3 N–H and O–H groups in total. The van der Waals surface area contributed by atoms with E-state index in [-0.39, 0.29) is 0 Å². The third kappa shape index (κ3) is 2.01. The van der Waals surface area contributed by atoms with Gasteiger partial charge < -0.3 is 5.73 Å². The van der Waals surface area contributed by atoms with E-state index < -0.39 is 0 Å². The minimum Gasteiger partial charge on any atom is -0.382 e. The Hall–Kier alpha value is -0.990. The van der Waals surface area contributed by atoms with Crippen molar-refractivity contribution in [3.05, 3.63) is 11.3 Å². The molecule has 1 aromatic rings. The lowest BCUT2D eigenvalue weighted by Gasteiger charge is -2.23. The Labute approximate surface area is 91.4 Å². The van der Waals surface area contributed by atoms with E-state index in [1.807, 2.05) is 0 Å². The molecule has 3 nitrogen and oxygen atoms in total. The zero-order chi connectivity index (χ0) is 11.1. The first-order chi connectivity index (χ1) is 7.04. The van der Waals surface area contributed by atoms with Gasteiger partial charge in [0.1, 0.15) is 5.82 Å². The maximum absolute atomic E-state index is 5.82. The van der Waals surface area contributed by atoms with E-state index in [0.717, 1.165) is 18.8 Å². The summed E-state index contributed by atoms with van der Waals surface area (Å²) >= 11 is 0. The summed E-state index contributed by atoms with van der Waals surface area (Å²) in [6.45, 7) is 6.83. The summed E-state index contributed by atoms with van der Waals surface area (Å²) in [6.07, 6.45) is 4.82. The average molecular weight is 207 g/mol. The van der Waals surface area contributed by atoms with Crippen LogP contribution in [0.1, 0.15) is 44.9 Å². The van der Waals surface area contributed by atoms with Crippen LogP contribution in [0.15, 0.2) is 0 Å². The first-order valence-electron chi connectivity index (χ1n) is 5.86. The molecule has 15 heavy (non-hydrogen) atoms. The van der Waals surface area contributed by atoms with E-state index in [1.165, 1.54) is 24.1 Å². The fourth-order valence-electron chi connectivity index (χ4n) is 2.42. The number of nitrogen functional groups attached to an aromatic ring is 1. The number of hydrogen-bond donors (Lipinski definition) is 2. The lowest BCUT2D eigenvalue weighted by Crippen LogP contribution is -2.18. The average Bonchev–Trinajstić information content (AvgIpc) is 2.94. The molecule has 1 saturated carbocycles. The Morgan fingerprint density at radius 2 is 2.13 bits per heavy atom. The molecule has 84 valence electrons. The number of hydrogen-bond acceptors (Lipinski definition) is 2. The fraction of sp³-hybridized carbons (Fsp3) is 0.750. The number of nitrogens with zero attached hydrogens (tertiary/aromatic N) is 1. The molecular weight excluding hydrogens is 186 g/mol. The highest BCUT2D eigenvalue weighted by Gasteiger charge is 2.38. The van der Waals surface area contributed by atoms with Crippen molar-refractivity contribution in [3.63, 3.8) is 0 Å². The molecule has 1 aliphatic rings. The molecule has 1 fully saturated rings. The Kier molecular flexibility index (Phi) is 2.49. The Bertz CT molecular complexity index is 348. The van der Waals surface area contributed by atoms with Gasteiger partial charge >= 0.3 is 0 Å². The second-order valence-corrected chi connectivity index (χ2v) is 5.36.